The maximum absolute atomic E-state index is 3.78. The third-order valence-corrected chi connectivity index (χ3v) is 4.27. The fourth-order valence-electron chi connectivity index (χ4n) is 3.17. The van der Waals surface area contributed by atoms with E-state index in [-0.39, 0.29) is 0 Å². The molecular formula is C18H30. The lowest BCUT2D eigenvalue weighted by Gasteiger charge is -2.28. The standard InChI is InChI=1S/C18H30/c1-5-10-17(6-2)14-15(3)13-16(4)18-11-8-7-9-12-18/h5,10,14,16,18H,1,6-9,11-13H2,2-4H3/b15-14+,17-10-. The van der Waals surface area contributed by atoms with Crippen LogP contribution in [0.4, 0.5) is 0 Å². The molecule has 102 valence electrons. The molecule has 0 heterocycles. The Morgan fingerprint density at radius 3 is 2.50 bits per heavy atom. The van der Waals surface area contributed by atoms with Crippen molar-refractivity contribution < 1.29 is 0 Å². The van der Waals surface area contributed by atoms with E-state index < -0.39 is 0 Å². The highest BCUT2D eigenvalue weighted by molar-refractivity contribution is 5.25. The van der Waals surface area contributed by atoms with Gasteiger partial charge in [0.1, 0.15) is 0 Å². The smallest absolute Gasteiger partial charge is 0.0291 e. The fraction of sp³-hybridized carbons (Fsp3) is 0.667. The lowest BCUT2D eigenvalue weighted by Crippen LogP contribution is -2.15. The minimum Gasteiger partial charge on any atom is -0.0991 e. The lowest BCUT2D eigenvalue weighted by atomic mass is 9.78. The summed E-state index contributed by atoms with van der Waals surface area (Å²) in [5, 5.41) is 0. The van der Waals surface area contributed by atoms with Gasteiger partial charge in [-0.25, -0.2) is 0 Å². The maximum Gasteiger partial charge on any atom is -0.0291 e. The van der Waals surface area contributed by atoms with Crippen LogP contribution in [0.2, 0.25) is 0 Å². The summed E-state index contributed by atoms with van der Waals surface area (Å²) < 4.78 is 0. The largest absolute Gasteiger partial charge is 0.0991 e. The Morgan fingerprint density at radius 1 is 1.28 bits per heavy atom. The van der Waals surface area contributed by atoms with Gasteiger partial charge in [-0.05, 0) is 37.2 Å². The molecule has 0 aliphatic heterocycles. The normalized spacial score (nSPS) is 20.8. The summed E-state index contributed by atoms with van der Waals surface area (Å²) in [6, 6.07) is 0. The van der Waals surface area contributed by atoms with Crippen molar-refractivity contribution in [2.75, 3.05) is 0 Å². The molecule has 1 atom stereocenters. The molecule has 1 aliphatic rings. The van der Waals surface area contributed by atoms with Crippen LogP contribution in [-0.2, 0) is 0 Å². The van der Waals surface area contributed by atoms with E-state index in [1.807, 2.05) is 6.08 Å². The number of rotatable bonds is 6. The Morgan fingerprint density at radius 2 is 1.94 bits per heavy atom. The van der Waals surface area contributed by atoms with Crippen molar-refractivity contribution in [3.05, 3.63) is 36.0 Å². The van der Waals surface area contributed by atoms with Gasteiger partial charge in [0.15, 0.2) is 0 Å². The molecule has 0 bridgehead atoms. The Kier molecular flexibility index (Phi) is 7.08. The Balaban J connectivity index is 2.51. The second kappa shape index (κ2) is 8.34. The molecule has 0 aromatic rings. The molecule has 0 spiro atoms. The summed E-state index contributed by atoms with van der Waals surface area (Å²) in [6.07, 6.45) is 16.0. The first kappa shape index (κ1) is 15.3. The summed E-state index contributed by atoms with van der Waals surface area (Å²) in [6.45, 7) is 10.7. The zero-order valence-corrected chi connectivity index (χ0v) is 12.5. The summed E-state index contributed by atoms with van der Waals surface area (Å²) in [5.41, 5.74) is 2.93. The van der Waals surface area contributed by atoms with Crippen molar-refractivity contribution in [3.63, 3.8) is 0 Å². The number of hydrogen-bond donors (Lipinski definition) is 0. The van der Waals surface area contributed by atoms with Gasteiger partial charge in [0.2, 0.25) is 0 Å². The zero-order valence-electron chi connectivity index (χ0n) is 12.5. The second-order valence-electron chi connectivity index (χ2n) is 5.90. The van der Waals surface area contributed by atoms with Crippen LogP contribution in [0, 0.1) is 11.8 Å². The van der Waals surface area contributed by atoms with Crippen LogP contribution in [0.1, 0.15) is 65.7 Å². The minimum absolute atomic E-state index is 0.850. The summed E-state index contributed by atoms with van der Waals surface area (Å²) in [7, 11) is 0. The molecule has 1 unspecified atom stereocenters. The average molecular weight is 246 g/mol. The second-order valence-corrected chi connectivity index (χ2v) is 5.90. The van der Waals surface area contributed by atoms with Crippen molar-refractivity contribution in [1.29, 1.82) is 0 Å². The highest BCUT2D eigenvalue weighted by Crippen LogP contribution is 2.33. The van der Waals surface area contributed by atoms with Crippen LogP contribution in [0.25, 0.3) is 0 Å². The van der Waals surface area contributed by atoms with E-state index in [1.165, 1.54) is 49.7 Å². The highest BCUT2D eigenvalue weighted by atomic mass is 14.3. The molecule has 0 aromatic heterocycles. The highest BCUT2D eigenvalue weighted by Gasteiger charge is 2.19. The van der Waals surface area contributed by atoms with Crippen LogP contribution >= 0.6 is 0 Å². The first-order valence-electron chi connectivity index (χ1n) is 7.66. The number of hydrogen-bond acceptors (Lipinski definition) is 0. The van der Waals surface area contributed by atoms with Gasteiger partial charge in [0.25, 0.3) is 0 Å². The first-order valence-corrected chi connectivity index (χ1v) is 7.66. The summed E-state index contributed by atoms with van der Waals surface area (Å²) >= 11 is 0. The van der Waals surface area contributed by atoms with Crippen molar-refractivity contribution in [2.45, 2.75) is 65.7 Å². The van der Waals surface area contributed by atoms with Crippen LogP contribution in [0.3, 0.4) is 0 Å². The topological polar surface area (TPSA) is 0 Å². The zero-order chi connectivity index (χ0) is 13.4. The third kappa shape index (κ3) is 5.25. The molecule has 1 saturated carbocycles. The Labute approximate surface area is 114 Å². The Hall–Kier alpha value is -0.780. The van der Waals surface area contributed by atoms with Gasteiger partial charge in [-0.1, -0.05) is 76.3 Å². The molecule has 1 aliphatic carbocycles. The van der Waals surface area contributed by atoms with E-state index in [4.69, 9.17) is 0 Å². The summed E-state index contributed by atoms with van der Waals surface area (Å²) in [4.78, 5) is 0. The monoisotopic (exact) mass is 246 g/mol. The van der Waals surface area contributed by atoms with Crippen LogP contribution < -0.4 is 0 Å². The van der Waals surface area contributed by atoms with E-state index in [2.05, 4.69) is 39.5 Å². The molecule has 1 fully saturated rings. The predicted octanol–water partition coefficient (Wildman–Crippen LogP) is 6.06. The van der Waals surface area contributed by atoms with Gasteiger partial charge < -0.3 is 0 Å². The summed E-state index contributed by atoms with van der Waals surface area (Å²) in [5.74, 6) is 1.82. The molecule has 1 rings (SSSR count). The van der Waals surface area contributed by atoms with Gasteiger partial charge in [-0.2, -0.15) is 0 Å². The quantitative estimate of drug-likeness (QED) is 0.500. The Bertz CT molecular complexity index is 300. The molecule has 0 N–H and O–H groups in total. The SMILES string of the molecule is C=C/C=C(\C=C(/C)CC(C)C1CCCCC1)CC. The van der Waals surface area contributed by atoms with E-state index in [0.29, 0.717) is 0 Å². The van der Waals surface area contributed by atoms with Gasteiger partial charge in [-0.15, -0.1) is 0 Å². The van der Waals surface area contributed by atoms with Crippen molar-refractivity contribution >= 4 is 0 Å². The molecule has 0 nitrogen and oxygen atoms in total. The first-order chi connectivity index (χ1) is 8.67. The van der Waals surface area contributed by atoms with Crippen molar-refractivity contribution in [2.24, 2.45) is 11.8 Å². The van der Waals surface area contributed by atoms with Gasteiger partial charge in [0, 0.05) is 0 Å². The maximum atomic E-state index is 3.78. The van der Waals surface area contributed by atoms with E-state index in [0.717, 1.165) is 18.3 Å². The minimum atomic E-state index is 0.850. The van der Waals surface area contributed by atoms with Gasteiger partial charge in [-0.3, -0.25) is 0 Å². The van der Waals surface area contributed by atoms with Crippen LogP contribution in [0.15, 0.2) is 36.0 Å². The van der Waals surface area contributed by atoms with Crippen molar-refractivity contribution in [1.82, 2.24) is 0 Å². The van der Waals surface area contributed by atoms with Crippen LogP contribution in [-0.4, -0.2) is 0 Å². The molecule has 18 heavy (non-hydrogen) atoms. The average Bonchev–Trinajstić information content (AvgIpc) is 2.39. The number of allylic oxidation sites excluding steroid dienone is 5. The molecule has 0 aromatic carbocycles. The van der Waals surface area contributed by atoms with Gasteiger partial charge in [0.05, 0.1) is 0 Å². The van der Waals surface area contributed by atoms with E-state index >= 15 is 0 Å². The lowest BCUT2D eigenvalue weighted by molar-refractivity contribution is 0.262. The van der Waals surface area contributed by atoms with E-state index in [1.54, 1.807) is 0 Å². The third-order valence-electron chi connectivity index (χ3n) is 4.27. The van der Waals surface area contributed by atoms with Gasteiger partial charge >= 0.3 is 0 Å². The molecule has 0 radical (unpaired) electrons. The van der Waals surface area contributed by atoms with E-state index in [9.17, 15) is 0 Å². The van der Waals surface area contributed by atoms with Crippen molar-refractivity contribution in [3.8, 4) is 0 Å². The van der Waals surface area contributed by atoms with Crippen LogP contribution in [0.5, 0.6) is 0 Å². The molecular weight excluding hydrogens is 216 g/mol. The molecule has 0 heteroatoms. The predicted molar refractivity (Wildman–Crippen MR) is 82.7 cm³/mol. The molecule has 0 saturated heterocycles. The molecule has 0 amide bonds. The fourth-order valence-corrected chi connectivity index (χ4v) is 3.17.